The molecule has 1 saturated heterocycles. The van der Waals surface area contributed by atoms with E-state index in [9.17, 15) is 9.59 Å². The average Bonchev–Trinajstić information content (AvgIpc) is 2.42. The van der Waals surface area contributed by atoms with Gasteiger partial charge in [0.1, 0.15) is 0 Å². The number of hydrogen-bond donors (Lipinski definition) is 1. The second-order valence-electron chi connectivity index (χ2n) is 2.78. The van der Waals surface area contributed by atoms with E-state index in [4.69, 9.17) is 5.53 Å². The summed E-state index contributed by atoms with van der Waals surface area (Å²) in [6.45, 7) is 0. The van der Waals surface area contributed by atoms with E-state index in [1.807, 2.05) is 0 Å². The standard InChI is InChI=1S/C8H5N3O2.ClH/c9-11-4-1-2-5-6(3-4)8(13)10-7(5)12;/h1-3,5H,(H,10,12,13);1H/p-1. The van der Waals surface area contributed by atoms with Crippen LogP contribution in [0, 0.1) is 5.92 Å². The summed E-state index contributed by atoms with van der Waals surface area (Å²) >= 11 is 0. The third-order valence-electron chi connectivity index (χ3n) is 1.99. The van der Waals surface area contributed by atoms with E-state index in [-0.39, 0.29) is 24.0 Å². The molecule has 1 atom stereocenters. The second kappa shape index (κ2) is 3.57. The zero-order valence-electron chi connectivity index (χ0n) is 6.90. The molecular formula is C8H5ClN3O2-. The Morgan fingerprint density at radius 1 is 1.43 bits per heavy atom. The van der Waals surface area contributed by atoms with Crippen LogP contribution < -0.4 is 17.7 Å². The molecule has 72 valence electrons. The van der Waals surface area contributed by atoms with Crippen molar-refractivity contribution in [1.29, 1.82) is 0 Å². The normalized spacial score (nSPS) is 23.3. The Balaban J connectivity index is 0.000000980. The van der Waals surface area contributed by atoms with Crippen LogP contribution in [0.25, 0.3) is 5.53 Å². The van der Waals surface area contributed by atoms with E-state index in [0.717, 1.165) is 0 Å². The zero-order chi connectivity index (χ0) is 9.42. The fourth-order valence-corrected chi connectivity index (χ4v) is 1.36. The summed E-state index contributed by atoms with van der Waals surface area (Å²) in [5.41, 5.74) is 9.05. The minimum atomic E-state index is -0.516. The Morgan fingerprint density at radius 2 is 2.14 bits per heavy atom. The molecule has 0 spiro atoms. The minimum Gasteiger partial charge on any atom is -1.00 e. The molecule has 1 N–H and O–H groups in total. The maximum atomic E-state index is 11.1. The first-order valence-electron chi connectivity index (χ1n) is 3.69. The smallest absolute Gasteiger partial charge is 0.315 e. The number of fused-ring (bicyclic) bond motifs is 1. The van der Waals surface area contributed by atoms with E-state index < -0.39 is 11.8 Å². The van der Waals surface area contributed by atoms with E-state index in [1.165, 1.54) is 18.2 Å². The number of nitrogens with one attached hydrogen (secondary N) is 1. The van der Waals surface area contributed by atoms with Crippen molar-refractivity contribution >= 4 is 17.5 Å². The molecule has 1 heterocycles. The largest absolute Gasteiger partial charge is 1.00 e. The van der Waals surface area contributed by atoms with Crippen molar-refractivity contribution in [3.63, 3.8) is 0 Å². The lowest BCUT2D eigenvalue weighted by Gasteiger charge is -2.02. The highest BCUT2D eigenvalue weighted by Gasteiger charge is 2.37. The van der Waals surface area contributed by atoms with E-state index in [1.54, 1.807) is 0 Å². The summed E-state index contributed by atoms with van der Waals surface area (Å²) in [6, 6.07) is 0. The van der Waals surface area contributed by atoms with Crippen LogP contribution in [-0.2, 0) is 9.59 Å². The lowest BCUT2D eigenvalue weighted by Crippen LogP contribution is -3.00. The van der Waals surface area contributed by atoms with E-state index in [0.29, 0.717) is 5.57 Å². The summed E-state index contributed by atoms with van der Waals surface area (Å²) < 4.78 is 0. The number of imide groups is 1. The molecule has 2 rings (SSSR count). The van der Waals surface area contributed by atoms with Gasteiger partial charge in [-0.3, -0.25) is 14.9 Å². The first-order chi connectivity index (χ1) is 6.22. The van der Waals surface area contributed by atoms with Gasteiger partial charge in [0.15, 0.2) is 0 Å². The number of halogens is 1. The van der Waals surface area contributed by atoms with Gasteiger partial charge >= 0.3 is 5.71 Å². The number of nitrogens with zero attached hydrogens (tertiary/aromatic N) is 2. The number of hydrogen-bond acceptors (Lipinski definition) is 2. The van der Waals surface area contributed by atoms with Crippen LogP contribution in [0.1, 0.15) is 0 Å². The van der Waals surface area contributed by atoms with E-state index >= 15 is 0 Å². The van der Waals surface area contributed by atoms with Gasteiger partial charge in [0.05, 0.1) is 5.92 Å². The minimum absolute atomic E-state index is 0. The zero-order valence-corrected chi connectivity index (χ0v) is 7.65. The lowest BCUT2D eigenvalue weighted by molar-refractivity contribution is -0.125. The third-order valence-corrected chi connectivity index (χ3v) is 1.99. The molecule has 0 saturated carbocycles. The molecule has 1 aliphatic carbocycles. The van der Waals surface area contributed by atoms with Crippen LogP contribution in [0.15, 0.2) is 23.8 Å². The molecule has 14 heavy (non-hydrogen) atoms. The van der Waals surface area contributed by atoms with Crippen molar-refractivity contribution in [2.24, 2.45) is 5.92 Å². The number of amides is 2. The first-order valence-corrected chi connectivity index (χ1v) is 3.69. The Bertz CT molecular complexity index is 418. The molecule has 0 aromatic rings. The third kappa shape index (κ3) is 1.39. The maximum absolute atomic E-state index is 11.1. The Labute approximate surface area is 85.5 Å². The van der Waals surface area contributed by atoms with Crippen LogP contribution in [0.5, 0.6) is 0 Å². The van der Waals surface area contributed by atoms with Crippen LogP contribution in [0.4, 0.5) is 0 Å². The molecule has 0 radical (unpaired) electrons. The summed E-state index contributed by atoms with van der Waals surface area (Å²) in [7, 11) is 0. The molecule has 1 unspecified atom stereocenters. The summed E-state index contributed by atoms with van der Waals surface area (Å²) in [4.78, 5) is 25.1. The van der Waals surface area contributed by atoms with Gasteiger partial charge in [0, 0.05) is 17.7 Å². The highest BCUT2D eigenvalue weighted by atomic mass is 35.5. The maximum Gasteiger partial charge on any atom is 0.315 e. The van der Waals surface area contributed by atoms with Crippen molar-refractivity contribution in [3.8, 4) is 0 Å². The highest BCUT2D eigenvalue weighted by molar-refractivity contribution is 6.20. The molecule has 6 heteroatoms. The van der Waals surface area contributed by atoms with Gasteiger partial charge in [-0.1, -0.05) is 6.08 Å². The molecular weight excluding hydrogens is 206 g/mol. The Kier molecular flexibility index (Phi) is 2.65. The number of carbonyl (C=O) groups excluding carboxylic acids is 2. The summed E-state index contributed by atoms with van der Waals surface area (Å²) in [5, 5.41) is 2.17. The summed E-state index contributed by atoms with van der Waals surface area (Å²) in [6.07, 6.45) is 4.42. The van der Waals surface area contributed by atoms with Gasteiger partial charge in [-0.2, -0.15) is 4.79 Å². The van der Waals surface area contributed by atoms with Gasteiger partial charge in [-0.15, -0.1) is 0 Å². The van der Waals surface area contributed by atoms with Crippen molar-refractivity contribution < 1.29 is 26.8 Å². The van der Waals surface area contributed by atoms with Crippen LogP contribution >= 0.6 is 0 Å². The summed E-state index contributed by atoms with van der Waals surface area (Å²) in [5.74, 6) is -1.26. The SMILES string of the molecule is [Cl-].[N-]=[N+]=C1C=CC2C(=O)NC(=O)C2=C1. The molecule has 0 aromatic carbocycles. The van der Waals surface area contributed by atoms with E-state index in [2.05, 4.69) is 10.1 Å². The van der Waals surface area contributed by atoms with Gasteiger partial charge in [0.2, 0.25) is 5.91 Å². The van der Waals surface area contributed by atoms with Crippen molar-refractivity contribution in [3.05, 3.63) is 29.3 Å². The number of carbonyl (C=O) groups is 2. The fourth-order valence-electron chi connectivity index (χ4n) is 1.36. The molecule has 1 aliphatic heterocycles. The van der Waals surface area contributed by atoms with Gasteiger partial charge in [-0.25, -0.2) is 0 Å². The Hall–Kier alpha value is -1.71. The van der Waals surface area contributed by atoms with Crippen LogP contribution in [0.2, 0.25) is 0 Å². The topological polar surface area (TPSA) is 82.6 Å². The molecule has 1 fully saturated rings. The quantitative estimate of drug-likeness (QED) is 0.255. The molecule has 0 aromatic heterocycles. The predicted octanol–water partition coefficient (Wildman–Crippen LogP) is -3.57. The van der Waals surface area contributed by atoms with Crippen molar-refractivity contribution in [2.75, 3.05) is 0 Å². The Morgan fingerprint density at radius 3 is 2.79 bits per heavy atom. The lowest BCUT2D eigenvalue weighted by atomic mass is 9.95. The average molecular weight is 211 g/mol. The van der Waals surface area contributed by atoms with Crippen molar-refractivity contribution in [1.82, 2.24) is 5.32 Å². The first kappa shape index (κ1) is 10.4. The number of allylic oxidation sites excluding steroid dienone is 2. The number of rotatable bonds is 0. The van der Waals surface area contributed by atoms with Gasteiger partial charge < -0.3 is 17.9 Å². The second-order valence-corrected chi connectivity index (χ2v) is 2.78. The monoisotopic (exact) mass is 210 g/mol. The van der Waals surface area contributed by atoms with Crippen LogP contribution in [-0.4, -0.2) is 22.3 Å². The molecule has 5 nitrogen and oxygen atoms in total. The molecule has 0 bridgehead atoms. The predicted molar refractivity (Wildman–Crippen MR) is 42.5 cm³/mol. The van der Waals surface area contributed by atoms with Crippen LogP contribution in [0.3, 0.4) is 0 Å². The highest BCUT2D eigenvalue weighted by Crippen LogP contribution is 2.22. The molecule has 2 amide bonds. The van der Waals surface area contributed by atoms with Crippen molar-refractivity contribution in [2.45, 2.75) is 0 Å². The molecule has 2 aliphatic rings. The van der Waals surface area contributed by atoms with Gasteiger partial charge in [0.25, 0.3) is 5.91 Å². The fraction of sp³-hybridized carbons (Fsp3) is 0.125. The van der Waals surface area contributed by atoms with Gasteiger partial charge in [-0.05, 0) is 0 Å².